The molecule has 0 radical (unpaired) electrons. The Bertz CT molecular complexity index is 1100. The van der Waals surface area contributed by atoms with Gasteiger partial charge in [-0.05, 0) is 43.4 Å². The highest BCUT2D eigenvalue weighted by atomic mass is 35.5. The lowest BCUT2D eigenvalue weighted by Gasteiger charge is -2.35. The summed E-state index contributed by atoms with van der Waals surface area (Å²) in [5.41, 5.74) is 5.56. The summed E-state index contributed by atoms with van der Waals surface area (Å²) in [6, 6.07) is 1.57. The van der Waals surface area contributed by atoms with E-state index in [4.69, 9.17) is 22.1 Å². The quantitative estimate of drug-likeness (QED) is 0.195. The van der Waals surface area contributed by atoms with Crippen LogP contribution >= 0.6 is 11.6 Å². The van der Waals surface area contributed by atoms with Crippen LogP contribution in [0.25, 0.3) is 0 Å². The molecule has 0 aliphatic carbocycles. The lowest BCUT2D eigenvalue weighted by Crippen LogP contribution is -2.58. The molecule has 1 aliphatic heterocycles. The van der Waals surface area contributed by atoms with Gasteiger partial charge < -0.3 is 31.1 Å². The molecule has 2 rings (SSSR count). The molecule has 1 aliphatic rings. The van der Waals surface area contributed by atoms with Crippen LogP contribution < -0.4 is 16.4 Å². The number of carbonyl (C=O) groups is 5. The molecule has 3 amide bonds. The molecule has 5 N–H and O–H groups in total. The molecule has 0 spiro atoms. The van der Waals surface area contributed by atoms with Gasteiger partial charge in [0.2, 0.25) is 11.8 Å². The zero-order chi connectivity index (χ0) is 28.6. The van der Waals surface area contributed by atoms with E-state index in [1.54, 1.807) is 27.7 Å². The van der Waals surface area contributed by atoms with Crippen molar-refractivity contribution in [3.8, 4) is 0 Å². The van der Waals surface area contributed by atoms with Gasteiger partial charge in [-0.2, -0.15) is 0 Å². The molecule has 11 nitrogen and oxygen atoms in total. The van der Waals surface area contributed by atoms with Crippen LogP contribution in [0.15, 0.2) is 30.4 Å². The van der Waals surface area contributed by atoms with E-state index in [0.717, 1.165) is 6.08 Å². The smallest absolute Gasteiger partial charge is 0.330 e. The van der Waals surface area contributed by atoms with E-state index in [0.29, 0.717) is 18.5 Å². The van der Waals surface area contributed by atoms with Crippen molar-refractivity contribution >= 4 is 46.9 Å². The number of carboxylic acid groups (broad SMARTS) is 1. The Hall–Kier alpha value is -3.60. The summed E-state index contributed by atoms with van der Waals surface area (Å²) >= 11 is 6.04. The SMILES string of the molecule is CCOC(=O)C=C[C@H](CC(=O)O)NC(=O)[C@H]1CCCN1C(=O)[C@@H](NC(=O)c1ccc(N)c(Cl)c1)C(C)(C)C. The maximum atomic E-state index is 13.7. The molecule has 0 unspecified atom stereocenters. The van der Waals surface area contributed by atoms with E-state index in [-0.39, 0.29) is 23.7 Å². The molecule has 208 valence electrons. The average Bonchev–Trinajstić information content (AvgIpc) is 3.31. The van der Waals surface area contributed by atoms with E-state index in [2.05, 4.69) is 10.6 Å². The van der Waals surface area contributed by atoms with Crippen molar-refractivity contribution in [3.63, 3.8) is 0 Å². The molecule has 12 heteroatoms. The fourth-order valence-corrected chi connectivity index (χ4v) is 4.20. The van der Waals surface area contributed by atoms with Crippen LogP contribution in [0.2, 0.25) is 5.02 Å². The molecule has 0 aromatic heterocycles. The van der Waals surface area contributed by atoms with Crippen LogP contribution in [0.3, 0.4) is 0 Å². The van der Waals surface area contributed by atoms with Gasteiger partial charge >= 0.3 is 11.9 Å². The van der Waals surface area contributed by atoms with Crippen molar-refractivity contribution in [2.24, 2.45) is 5.41 Å². The van der Waals surface area contributed by atoms with E-state index < -0.39 is 59.6 Å². The van der Waals surface area contributed by atoms with Gasteiger partial charge in [0, 0.05) is 18.2 Å². The van der Waals surface area contributed by atoms with Gasteiger partial charge in [0.25, 0.3) is 5.91 Å². The van der Waals surface area contributed by atoms with Gasteiger partial charge in [-0.3, -0.25) is 19.2 Å². The highest BCUT2D eigenvalue weighted by molar-refractivity contribution is 6.33. The summed E-state index contributed by atoms with van der Waals surface area (Å²) < 4.78 is 4.80. The Morgan fingerprint density at radius 2 is 1.92 bits per heavy atom. The number of nitrogens with zero attached hydrogens (tertiary/aromatic N) is 1. The number of benzene rings is 1. The highest BCUT2D eigenvalue weighted by Crippen LogP contribution is 2.27. The largest absolute Gasteiger partial charge is 0.481 e. The van der Waals surface area contributed by atoms with Crippen molar-refractivity contribution < 1.29 is 33.8 Å². The molecule has 3 atom stereocenters. The lowest BCUT2D eigenvalue weighted by atomic mass is 9.85. The number of nitrogen functional groups attached to an aromatic ring is 1. The van der Waals surface area contributed by atoms with E-state index in [1.165, 1.54) is 29.2 Å². The Kier molecular flexibility index (Phi) is 10.7. The van der Waals surface area contributed by atoms with Crippen LogP contribution in [0, 0.1) is 5.41 Å². The fraction of sp³-hybridized carbons (Fsp3) is 0.500. The highest BCUT2D eigenvalue weighted by Gasteiger charge is 2.42. The van der Waals surface area contributed by atoms with Gasteiger partial charge in [-0.15, -0.1) is 0 Å². The summed E-state index contributed by atoms with van der Waals surface area (Å²) in [5, 5.41) is 14.8. The standard InChI is InChI=1S/C26H35ClN4O7/c1-5-38-21(34)11-9-16(14-20(32)33)29-24(36)19-7-6-12-31(19)25(37)22(26(2,3)4)30-23(35)15-8-10-18(28)17(27)13-15/h8-11,13,16,19,22H,5-7,12,14,28H2,1-4H3,(H,29,36)(H,30,35)(H,32,33)/t16-,19-,22-/m1/s1. The summed E-state index contributed by atoms with van der Waals surface area (Å²) in [5.74, 6) is -3.37. The third-order valence-electron chi connectivity index (χ3n) is 5.96. The first-order valence-electron chi connectivity index (χ1n) is 12.3. The van der Waals surface area contributed by atoms with Crippen molar-refractivity contribution in [3.05, 3.63) is 40.9 Å². The molecular formula is C26H35ClN4O7. The number of carbonyl (C=O) groups excluding carboxylic acids is 4. The maximum absolute atomic E-state index is 13.7. The molecule has 38 heavy (non-hydrogen) atoms. The Morgan fingerprint density at radius 3 is 2.50 bits per heavy atom. The molecule has 1 aromatic carbocycles. The number of esters is 1. The van der Waals surface area contributed by atoms with E-state index in [9.17, 15) is 29.1 Å². The van der Waals surface area contributed by atoms with Crippen LogP contribution in [-0.4, -0.2) is 70.9 Å². The van der Waals surface area contributed by atoms with Gasteiger partial charge in [0.05, 0.1) is 29.8 Å². The van der Waals surface area contributed by atoms with Gasteiger partial charge in [0.1, 0.15) is 12.1 Å². The molecule has 1 fully saturated rings. The molecule has 1 heterocycles. The zero-order valence-electron chi connectivity index (χ0n) is 22.0. The number of hydrogen-bond donors (Lipinski definition) is 4. The molecule has 1 saturated heterocycles. The summed E-state index contributed by atoms with van der Waals surface area (Å²) in [6.07, 6.45) is 2.75. The molecular weight excluding hydrogens is 516 g/mol. The van der Waals surface area contributed by atoms with E-state index in [1.807, 2.05) is 0 Å². The molecule has 1 aromatic rings. The third-order valence-corrected chi connectivity index (χ3v) is 6.29. The first kappa shape index (κ1) is 30.6. The number of carboxylic acids is 1. The van der Waals surface area contributed by atoms with Gasteiger partial charge in [0.15, 0.2) is 0 Å². The van der Waals surface area contributed by atoms with Crippen LogP contribution in [0.5, 0.6) is 0 Å². The topological polar surface area (TPSA) is 168 Å². The monoisotopic (exact) mass is 550 g/mol. The minimum absolute atomic E-state index is 0.148. The van der Waals surface area contributed by atoms with Gasteiger partial charge in [-0.25, -0.2) is 4.79 Å². The molecule has 0 saturated carbocycles. The Labute approximate surface area is 226 Å². The first-order chi connectivity index (χ1) is 17.7. The summed E-state index contributed by atoms with van der Waals surface area (Å²) in [6.45, 7) is 7.44. The number of nitrogens with one attached hydrogen (secondary N) is 2. The average molecular weight is 551 g/mol. The maximum Gasteiger partial charge on any atom is 0.330 e. The van der Waals surface area contributed by atoms with Crippen molar-refractivity contribution in [2.75, 3.05) is 18.9 Å². The second-order valence-electron chi connectivity index (χ2n) is 10.0. The van der Waals surface area contributed by atoms with Crippen LogP contribution in [-0.2, 0) is 23.9 Å². The minimum atomic E-state index is -1.18. The van der Waals surface area contributed by atoms with Crippen LogP contribution in [0.4, 0.5) is 5.69 Å². The lowest BCUT2D eigenvalue weighted by molar-refractivity contribution is -0.142. The number of nitrogens with two attached hydrogens (primary N) is 1. The van der Waals surface area contributed by atoms with Crippen molar-refractivity contribution in [1.29, 1.82) is 0 Å². The summed E-state index contributed by atoms with van der Waals surface area (Å²) in [4.78, 5) is 64.1. The van der Waals surface area contributed by atoms with Crippen molar-refractivity contribution in [1.82, 2.24) is 15.5 Å². The minimum Gasteiger partial charge on any atom is -0.481 e. The predicted octanol–water partition coefficient (Wildman–Crippen LogP) is 2.14. The first-order valence-corrected chi connectivity index (χ1v) is 12.7. The number of aliphatic carboxylic acids is 1. The van der Waals surface area contributed by atoms with Gasteiger partial charge in [-0.1, -0.05) is 38.4 Å². The predicted molar refractivity (Wildman–Crippen MR) is 141 cm³/mol. The number of anilines is 1. The number of likely N-dealkylation sites (tertiary alicyclic amines) is 1. The number of amides is 3. The number of rotatable bonds is 10. The van der Waals surface area contributed by atoms with E-state index >= 15 is 0 Å². The Morgan fingerprint density at radius 1 is 1.24 bits per heavy atom. The van der Waals surface area contributed by atoms with Crippen LogP contribution in [0.1, 0.15) is 57.3 Å². The zero-order valence-corrected chi connectivity index (χ0v) is 22.7. The number of ether oxygens (including phenoxy) is 1. The number of halogens is 1. The third kappa shape index (κ3) is 8.47. The fourth-order valence-electron chi connectivity index (χ4n) is 4.02. The normalized spacial score (nSPS) is 17.1. The number of hydrogen-bond acceptors (Lipinski definition) is 7. The second-order valence-corrected chi connectivity index (χ2v) is 10.4. The van der Waals surface area contributed by atoms with Crippen molar-refractivity contribution in [2.45, 2.75) is 65.1 Å². The Balaban J connectivity index is 2.21. The second kappa shape index (κ2) is 13.3. The molecule has 0 bridgehead atoms. The summed E-state index contributed by atoms with van der Waals surface area (Å²) in [7, 11) is 0.